The van der Waals surface area contributed by atoms with Gasteiger partial charge in [-0.25, -0.2) is 0 Å². The Bertz CT molecular complexity index is 435. The highest BCUT2D eigenvalue weighted by molar-refractivity contribution is 5.85. The molecule has 3 heteroatoms. The van der Waals surface area contributed by atoms with Gasteiger partial charge in [0.15, 0.2) is 0 Å². The van der Waals surface area contributed by atoms with E-state index in [4.69, 9.17) is 0 Å². The smallest absolute Gasteiger partial charge is 0.0237 e. The van der Waals surface area contributed by atoms with Crippen molar-refractivity contribution in [1.29, 1.82) is 0 Å². The number of rotatable bonds is 4. The second-order valence-corrected chi connectivity index (χ2v) is 6.74. The molecule has 1 aliphatic carbocycles. The Kier molecular flexibility index (Phi) is 7.20. The maximum Gasteiger partial charge on any atom is 0.0237 e. The summed E-state index contributed by atoms with van der Waals surface area (Å²) in [5.74, 6) is 0.826. The van der Waals surface area contributed by atoms with Crippen LogP contribution in [0.3, 0.4) is 0 Å². The number of hydrogen-bond acceptors (Lipinski definition) is 2. The van der Waals surface area contributed by atoms with E-state index < -0.39 is 0 Å². The van der Waals surface area contributed by atoms with Gasteiger partial charge in [-0.1, -0.05) is 50.5 Å². The van der Waals surface area contributed by atoms with E-state index in [0.29, 0.717) is 0 Å². The third kappa shape index (κ3) is 4.47. The molecule has 0 spiro atoms. The summed E-state index contributed by atoms with van der Waals surface area (Å²) in [5, 5.41) is 0. The molecule has 0 bridgehead atoms. The molecule has 3 rings (SSSR count). The average molecular weight is 323 g/mol. The molecular weight excluding hydrogens is 292 g/mol. The van der Waals surface area contributed by atoms with Crippen LogP contribution in [0, 0.1) is 0 Å². The van der Waals surface area contributed by atoms with Gasteiger partial charge in [0.25, 0.3) is 0 Å². The zero-order valence-corrected chi connectivity index (χ0v) is 14.8. The van der Waals surface area contributed by atoms with E-state index >= 15 is 0 Å². The highest BCUT2D eigenvalue weighted by Gasteiger charge is 2.20. The first-order chi connectivity index (χ1) is 10.4. The number of likely N-dealkylation sites (N-methyl/N-ethyl adjacent to an activating group) is 1. The van der Waals surface area contributed by atoms with Crippen LogP contribution in [0.5, 0.6) is 0 Å². The molecule has 1 saturated heterocycles. The molecule has 0 radical (unpaired) electrons. The fourth-order valence-electron chi connectivity index (χ4n) is 3.99. The van der Waals surface area contributed by atoms with Gasteiger partial charge < -0.3 is 4.90 Å². The Labute approximate surface area is 142 Å². The summed E-state index contributed by atoms with van der Waals surface area (Å²) >= 11 is 0. The normalized spacial score (nSPS) is 21.5. The molecule has 124 valence electrons. The number of hydrogen-bond donors (Lipinski definition) is 0. The van der Waals surface area contributed by atoms with Crippen molar-refractivity contribution in [2.75, 3.05) is 32.7 Å². The van der Waals surface area contributed by atoms with Gasteiger partial charge in [0.1, 0.15) is 0 Å². The van der Waals surface area contributed by atoms with Crippen molar-refractivity contribution >= 4 is 12.4 Å². The van der Waals surface area contributed by atoms with Crippen LogP contribution in [0.1, 0.15) is 56.1 Å². The van der Waals surface area contributed by atoms with Crippen LogP contribution in [0.4, 0.5) is 0 Å². The fourth-order valence-corrected chi connectivity index (χ4v) is 3.99. The Morgan fingerprint density at radius 3 is 2.23 bits per heavy atom. The zero-order chi connectivity index (χ0) is 14.5. The predicted octanol–water partition coefficient (Wildman–Crippen LogP) is 4.29. The summed E-state index contributed by atoms with van der Waals surface area (Å²) in [6.07, 6.45) is 7.10. The third-order valence-corrected chi connectivity index (χ3v) is 5.41. The number of benzene rings is 1. The van der Waals surface area contributed by atoms with Crippen LogP contribution in [-0.4, -0.2) is 42.5 Å². The van der Waals surface area contributed by atoms with Gasteiger partial charge in [-0.15, -0.1) is 12.4 Å². The summed E-state index contributed by atoms with van der Waals surface area (Å²) in [6.45, 7) is 9.56. The highest BCUT2D eigenvalue weighted by Crippen LogP contribution is 2.34. The van der Waals surface area contributed by atoms with Gasteiger partial charge in [0.05, 0.1) is 0 Å². The van der Waals surface area contributed by atoms with E-state index in [-0.39, 0.29) is 12.4 Å². The molecule has 1 aromatic rings. The Morgan fingerprint density at radius 1 is 0.909 bits per heavy atom. The lowest BCUT2D eigenvalue weighted by Crippen LogP contribution is -2.45. The standard InChI is InChI=1S/C19H30N2.ClH/c1-2-20-12-14-21(15-13-20)16-18-10-6-7-11-19(18)17-8-4-3-5-9-17;/h6-7,10-11,17H,2-5,8-9,12-16H2,1H3;1H. The minimum Gasteiger partial charge on any atom is -0.301 e. The number of piperazine rings is 1. The van der Waals surface area contributed by atoms with E-state index in [9.17, 15) is 0 Å². The first-order valence-corrected chi connectivity index (χ1v) is 8.89. The van der Waals surface area contributed by atoms with Crippen molar-refractivity contribution in [2.24, 2.45) is 0 Å². The summed E-state index contributed by atoms with van der Waals surface area (Å²) in [7, 11) is 0. The first-order valence-electron chi connectivity index (χ1n) is 8.89. The van der Waals surface area contributed by atoms with Crippen molar-refractivity contribution in [3.63, 3.8) is 0 Å². The van der Waals surface area contributed by atoms with Crippen LogP contribution in [0.2, 0.25) is 0 Å². The Morgan fingerprint density at radius 2 is 1.55 bits per heavy atom. The largest absolute Gasteiger partial charge is 0.301 e. The monoisotopic (exact) mass is 322 g/mol. The molecular formula is C19H31ClN2. The van der Waals surface area contributed by atoms with Crippen LogP contribution in [-0.2, 0) is 6.54 Å². The molecule has 0 unspecified atom stereocenters. The molecule has 1 heterocycles. The molecule has 0 amide bonds. The van der Waals surface area contributed by atoms with Gasteiger partial charge in [0, 0.05) is 32.7 Å². The summed E-state index contributed by atoms with van der Waals surface area (Å²) in [5.41, 5.74) is 3.24. The van der Waals surface area contributed by atoms with Crippen LogP contribution >= 0.6 is 12.4 Å². The van der Waals surface area contributed by atoms with Crippen LogP contribution < -0.4 is 0 Å². The van der Waals surface area contributed by atoms with Crippen molar-refractivity contribution in [3.8, 4) is 0 Å². The predicted molar refractivity (Wildman–Crippen MR) is 96.9 cm³/mol. The zero-order valence-electron chi connectivity index (χ0n) is 14.0. The summed E-state index contributed by atoms with van der Waals surface area (Å²) in [6, 6.07) is 9.23. The van der Waals surface area contributed by atoms with Crippen molar-refractivity contribution in [2.45, 2.75) is 51.5 Å². The van der Waals surface area contributed by atoms with Gasteiger partial charge >= 0.3 is 0 Å². The van der Waals surface area contributed by atoms with Gasteiger partial charge in [0.2, 0.25) is 0 Å². The lowest BCUT2D eigenvalue weighted by atomic mass is 9.82. The van der Waals surface area contributed by atoms with E-state index in [2.05, 4.69) is 41.0 Å². The molecule has 1 aromatic carbocycles. The maximum atomic E-state index is 2.65. The molecule has 0 atom stereocenters. The first kappa shape index (κ1) is 17.8. The molecule has 0 N–H and O–H groups in total. The second-order valence-electron chi connectivity index (χ2n) is 6.74. The SMILES string of the molecule is CCN1CCN(Cc2ccccc2C2CCCCC2)CC1.Cl. The van der Waals surface area contributed by atoms with E-state index in [1.807, 2.05) is 0 Å². The van der Waals surface area contributed by atoms with Gasteiger partial charge in [-0.3, -0.25) is 4.90 Å². The number of nitrogens with zero attached hydrogens (tertiary/aromatic N) is 2. The number of halogens is 1. The van der Waals surface area contributed by atoms with E-state index in [0.717, 1.165) is 12.5 Å². The molecule has 1 aliphatic heterocycles. The molecule has 22 heavy (non-hydrogen) atoms. The lowest BCUT2D eigenvalue weighted by Gasteiger charge is -2.35. The molecule has 2 fully saturated rings. The van der Waals surface area contributed by atoms with Gasteiger partial charge in [-0.2, -0.15) is 0 Å². The Balaban J connectivity index is 0.00000176. The van der Waals surface area contributed by atoms with Crippen LogP contribution in [0.15, 0.2) is 24.3 Å². The Hall–Kier alpha value is -0.570. The summed E-state index contributed by atoms with van der Waals surface area (Å²) in [4.78, 5) is 5.21. The van der Waals surface area contributed by atoms with Gasteiger partial charge in [-0.05, 0) is 36.4 Å². The molecule has 2 aliphatic rings. The van der Waals surface area contributed by atoms with E-state index in [1.54, 1.807) is 11.1 Å². The summed E-state index contributed by atoms with van der Waals surface area (Å²) < 4.78 is 0. The van der Waals surface area contributed by atoms with Crippen molar-refractivity contribution < 1.29 is 0 Å². The average Bonchev–Trinajstić information content (AvgIpc) is 2.57. The van der Waals surface area contributed by atoms with Crippen LogP contribution in [0.25, 0.3) is 0 Å². The highest BCUT2D eigenvalue weighted by atomic mass is 35.5. The van der Waals surface area contributed by atoms with Crippen molar-refractivity contribution in [1.82, 2.24) is 9.80 Å². The quantitative estimate of drug-likeness (QED) is 0.815. The molecule has 1 saturated carbocycles. The molecule has 0 aromatic heterocycles. The molecule has 2 nitrogen and oxygen atoms in total. The maximum absolute atomic E-state index is 2.65. The second kappa shape index (κ2) is 8.90. The topological polar surface area (TPSA) is 6.48 Å². The third-order valence-electron chi connectivity index (χ3n) is 5.41. The fraction of sp³-hybridized carbons (Fsp3) is 0.684. The minimum absolute atomic E-state index is 0. The van der Waals surface area contributed by atoms with E-state index in [1.165, 1.54) is 64.8 Å². The lowest BCUT2D eigenvalue weighted by molar-refractivity contribution is 0.131. The van der Waals surface area contributed by atoms with Crippen molar-refractivity contribution in [3.05, 3.63) is 35.4 Å². The minimum atomic E-state index is 0.